The Hall–Kier alpha value is -1.09. The number of carboxylic acids is 1. The number of carboxylic acid groups (broad SMARTS) is 1. The van der Waals surface area contributed by atoms with Crippen molar-refractivity contribution in [3.63, 3.8) is 0 Å². The molecule has 0 aromatic rings. The van der Waals surface area contributed by atoms with Crippen molar-refractivity contribution in [3.05, 3.63) is 23.3 Å². The summed E-state index contributed by atoms with van der Waals surface area (Å²) in [6.07, 6.45) is 3.51. The third-order valence-electron chi connectivity index (χ3n) is 2.19. The molecule has 66 valence electrons. The van der Waals surface area contributed by atoms with Crippen molar-refractivity contribution >= 4 is 5.97 Å². The molecule has 1 aliphatic carbocycles. The van der Waals surface area contributed by atoms with Crippen LogP contribution in [0.5, 0.6) is 0 Å². The highest BCUT2D eigenvalue weighted by Gasteiger charge is 2.24. The first-order valence-electron chi connectivity index (χ1n) is 3.88. The largest absolute Gasteiger partial charge is 0.481 e. The van der Waals surface area contributed by atoms with Crippen LogP contribution in [-0.4, -0.2) is 17.1 Å². The molecule has 0 radical (unpaired) electrons. The van der Waals surface area contributed by atoms with E-state index in [1.165, 1.54) is 0 Å². The summed E-state index contributed by atoms with van der Waals surface area (Å²) in [6, 6.07) is -0.383. The van der Waals surface area contributed by atoms with Crippen molar-refractivity contribution < 1.29 is 9.90 Å². The fourth-order valence-electron chi connectivity index (χ4n) is 1.27. The summed E-state index contributed by atoms with van der Waals surface area (Å²) in [5.41, 5.74) is 7.70. The lowest BCUT2D eigenvalue weighted by atomic mass is 9.88. The molecule has 0 saturated heterocycles. The van der Waals surface area contributed by atoms with Gasteiger partial charge in [0.25, 0.3) is 0 Å². The van der Waals surface area contributed by atoms with Crippen LogP contribution in [0.1, 0.15) is 13.8 Å². The number of hydrogen-bond acceptors (Lipinski definition) is 2. The molecule has 1 rings (SSSR count). The number of aliphatic carboxylic acids is 1. The Bertz CT molecular complexity index is 266. The fraction of sp³-hybridized carbons (Fsp3) is 0.444. The second kappa shape index (κ2) is 3.11. The number of allylic oxidation sites excluding steroid dienone is 2. The molecule has 1 aliphatic rings. The first-order valence-corrected chi connectivity index (χ1v) is 3.88. The summed E-state index contributed by atoms with van der Waals surface area (Å²) >= 11 is 0. The summed E-state index contributed by atoms with van der Waals surface area (Å²) in [5, 5.41) is 8.76. The summed E-state index contributed by atoms with van der Waals surface area (Å²) < 4.78 is 0. The maximum Gasteiger partial charge on any atom is 0.312 e. The number of hydrogen-bond donors (Lipinski definition) is 2. The van der Waals surface area contributed by atoms with Gasteiger partial charge in [0, 0.05) is 6.04 Å². The Balaban J connectivity index is 2.91. The van der Waals surface area contributed by atoms with Crippen LogP contribution >= 0.6 is 0 Å². The third-order valence-corrected chi connectivity index (χ3v) is 2.19. The van der Waals surface area contributed by atoms with Crippen molar-refractivity contribution in [2.24, 2.45) is 11.7 Å². The lowest BCUT2D eigenvalue weighted by molar-refractivity contribution is -0.140. The average molecular weight is 167 g/mol. The maximum atomic E-state index is 10.7. The second-order valence-corrected chi connectivity index (χ2v) is 3.14. The van der Waals surface area contributed by atoms with Gasteiger partial charge >= 0.3 is 5.97 Å². The zero-order valence-electron chi connectivity index (χ0n) is 7.24. The van der Waals surface area contributed by atoms with Gasteiger partial charge in [0.2, 0.25) is 0 Å². The molecule has 2 atom stereocenters. The van der Waals surface area contributed by atoms with E-state index in [1.807, 2.05) is 13.8 Å². The maximum absolute atomic E-state index is 10.7. The zero-order valence-corrected chi connectivity index (χ0v) is 7.24. The van der Waals surface area contributed by atoms with E-state index in [1.54, 1.807) is 12.2 Å². The van der Waals surface area contributed by atoms with Gasteiger partial charge in [-0.2, -0.15) is 0 Å². The molecule has 3 nitrogen and oxygen atoms in total. The Morgan fingerprint density at radius 3 is 2.42 bits per heavy atom. The van der Waals surface area contributed by atoms with Crippen LogP contribution in [-0.2, 0) is 4.79 Å². The van der Waals surface area contributed by atoms with Crippen LogP contribution in [0.3, 0.4) is 0 Å². The summed E-state index contributed by atoms with van der Waals surface area (Å²) in [5.74, 6) is -1.42. The molecule has 3 heteroatoms. The van der Waals surface area contributed by atoms with E-state index in [4.69, 9.17) is 10.8 Å². The van der Waals surface area contributed by atoms with Crippen molar-refractivity contribution in [2.45, 2.75) is 19.9 Å². The Morgan fingerprint density at radius 1 is 1.42 bits per heavy atom. The molecule has 0 fully saturated rings. The second-order valence-electron chi connectivity index (χ2n) is 3.14. The van der Waals surface area contributed by atoms with E-state index in [0.29, 0.717) is 0 Å². The quantitative estimate of drug-likeness (QED) is 0.610. The van der Waals surface area contributed by atoms with Crippen molar-refractivity contribution in [2.75, 3.05) is 0 Å². The lowest BCUT2D eigenvalue weighted by Gasteiger charge is -2.20. The molecule has 2 unspecified atom stereocenters. The van der Waals surface area contributed by atoms with Crippen molar-refractivity contribution in [1.82, 2.24) is 0 Å². The Morgan fingerprint density at radius 2 is 1.92 bits per heavy atom. The van der Waals surface area contributed by atoms with Crippen LogP contribution in [0.4, 0.5) is 0 Å². The molecule has 0 aromatic heterocycles. The Kier molecular flexibility index (Phi) is 2.33. The molecule has 3 N–H and O–H groups in total. The van der Waals surface area contributed by atoms with Gasteiger partial charge in [0.05, 0.1) is 5.92 Å². The van der Waals surface area contributed by atoms with E-state index in [-0.39, 0.29) is 6.04 Å². The fourth-order valence-corrected chi connectivity index (χ4v) is 1.27. The standard InChI is InChI=1S/C9H13NO2/c1-5-3-7(9(11)12)8(10)4-6(5)2/h3-4,7-8H,10H2,1-2H3,(H,11,12). The van der Waals surface area contributed by atoms with Gasteiger partial charge in [-0.1, -0.05) is 23.3 Å². The molecule has 0 heterocycles. The van der Waals surface area contributed by atoms with Gasteiger partial charge in [0.1, 0.15) is 0 Å². The zero-order chi connectivity index (χ0) is 9.30. The van der Waals surface area contributed by atoms with E-state index in [0.717, 1.165) is 11.1 Å². The van der Waals surface area contributed by atoms with Crippen LogP contribution < -0.4 is 5.73 Å². The summed E-state index contributed by atoms with van der Waals surface area (Å²) in [7, 11) is 0. The minimum atomic E-state index is -0.856. The van der Waals surface area contributed by atoms with Crippen LogP contribution in [0, 0.1) is 5.92 Å². The van der Waals surface area contributed by atoms with E-state index in [9.17, 15) is 4.79 Å². The molecule has 0 aromatic carbocycles. The van der Waals surface area contributed by atoms with Gasteiger partial charge in [0.15, 0.2) is 0 Å². The lowest BCUT2D eigenvalue weighted by Crippen LogP contribution is -2.34. The van der Waals surface area contributed by atoms with Crippen molar-refractivity contribution in [3.8, 4) is 0 Å². The molecular weight excluding hydrogens is 154 g/mol. The molecule has 12 heavy (non-hydrogen) atoms. The molecule has 0 bridgehead atoms. The molecule has 0 saturated carbocycles. The van der Waals surface area contributed by atoms with Gasteiger partial charge in [-0.05, 0) is 13.8 Å². The molecule has 0 spiro atoms. The Labute approximate surface area is 71.6 Å². The number of carbonyl (C=O) groups is 1. The average Bonchev–Trinajstić information content (AvgIpc) is 1.96. The predicted octanol–water partition coefficient (Wildman–Crippen LogP) is 0.921. The molecule has 0 aliphatic heterocycles. The van der Waals surface area contributed by atoms with Crippen LogP contribution in [0.2, 0.25) is 0 Å². The topological polar surface area (TPSA) is 63.3 Å². The molecule has 0 amide bonds. The van der Waals surface area contributed by atoms with Gasteiger partial charge < -0.3 is 10.8 Å². The van der Waals surface area contributed by atoms with Crippen LogP contribution in [0.15, 0.2) is 23.3 Å². The molecular formula is C9H13NO2. The number of rotatable bonds is 1. The summed E-state index contributed by atoms with van der Waals surface area (Å²) in [4.78, 5) is 10.7. The third kappa shape index (κ3) is 1.56. The van der Waals surface area contributed by atoms with Gasteiger partial charge in [-0.25, -0.2) is 0 Å². The number of nitrogens with two attached hydrogens (primary N) is 1. The minimum Gasteiger partial charge on any atom is -0.481 e. The highest BCUT2D eigenvalue weighted by molar-refractivity contribution is 5.74. The van der Waals surface area contributed by atoms with Crippen LogP contribution in [0.25, 0.3) is 0 Å². The first kappa shape index (κ1) is 9.00. The van der Waals surface area contributed by atoms with E-state index in [2.05, 4.69) is 0 Å². The SMILES string of the molecule is CC1=CC(N)C(C(=O)O)C=C1C. The van der Waals surface area contributed by atoms with Crippen molar-refractivity contribution in [1.29, 1.82) is 0 Å². The van der Waals surface area contributed by atoms with E-state index < -0.39 is 11.9 Å². The summed E-state index contributed by atoms with van der Waals surface area (Å²) in [6.45, 7) is 3.83. The minimum absolute atomic E-state index is 0.383. The normalized spacial score (nSPS) is 29.2. The smallest absolute Gasteiger partial charge is 0.312 e. The highest BCUT2D eigenvalue weighted by Crippen LogP contribution is 2.21. The monoisotopic (exact) mass is 167 g/mol. The predicted molar refractivity (Wildman–Crippen MR) is 46.6 cm³/mol. The van der Waals surface area contributed by atoms with Gasteiger partial charge in [-0.15, -0.1) is 0 Å². The van der Waals surface area contributed by atoms with Gasteiger partial charge in [-0.3, -0.25) is 4.79 Å². The van der Waals surface area contributed by atoms with E-state index >= 15 is 0 Å². The first-order chi connectivity index (χ1) is 5.52. The highest BCUT2D eigenvalue weighted by atomic mass is 16.4.